The zero-order chi connectivity index (χ0) is 18.2. The zero-order valence-electron chi connectivity index (χ0n) is 15.6. The van der Waals surface area contributed by atoms with Gasteiger partial charge in [0, 0.05) is 30.9 Å². The molecule has 2 aromatic carbocycles. The van der Waals surface area contributed by atoms with Gasteiger partial charge in [-0.15, -0.1) is 0 Å². The summed E-state index contributed by atoms with van der Waals surface area (Å²) in [6, 6.07) is 14.5. The fourth-order valence-corrected chi connectivity index (χ4v) is 2.94. The highest BCUT2D eigenvalue weighted by molar-refractivity contribution is 5.98. The molecule has 3 aromatic rings. The molecule has 0 aliphatic rings. The molecule has 1 heterocycles. The van der Waals surface area contributed by atoms with Crippen LogP contribution in [0.3, 0.4) is 0 Å². The minimum atomic E-state index is 0.856. The van der Waals surface area contributed by atoms with Crippen LogP contribution in [-0.2, 0) is 9.53 Å². The number of fused-ring (bicyclic) bond motifs is 1. The van der Waals surface area contributed by atoms with Gasteiger partial charge in [0.1, 0.15) is 0 Å². The summed E-state index contributed by atoms with van der Waals surface area (Å²) < 4.78 is 6.42. The summed E-state index contributed by atoms with van der Waals surface area (Å²) in [4.78, 5) is 11.2. The summed E-state index contributed by atoms with van der Waals surface area (Å²) in [6.45, 7) is 7.25. The molecule has 0 N–H and O–H groups in total. The molecule has 3 rings (SSSR count). The molecule has 132 valence electrons. The third-order valence-electron chi connectivity index (χ3n) is 4.09. The van der Waals surface area contributed by atoms with Crippen LogP contribution in [0.5, 0.6) is 0 Å². The second-order valence-corrected chi connectivity index (χ2v) is 6.30. The normalized spacial score (nSPS) is 10.4. The lowest BCUT2D eigenvalue weighted by molar-refractivity contribution is 0.194. The van der Waals surface area contributed by atoms with E-state index in [1.54, 1.807) is 11.7 Å². The smallest absolute Gasteiger partial charge is 0.218 e. The molecule has 0 saturated carbocycles. The van der Waals surface area contributed by atoms with Crippen molar-refractivity contribution in [2.24, 2.45) is 0 Å². The number of para-hydroxylation sites is 1. The minimum Gasteiger partial charge on any atom is -0.385 e. The second-order valence-electron chi connectivity index (χ2n) is 6.30. The van der Waals surface area contributed by atoms with Crippen molar-refractivity contribution in [1.29, 1.82) is 0 Å². The molecule has 1 aromatic heterocycles. The quantitative estimate of drug-likeness (QED) is 0.461. The van der Waals surface area contributed by atoms with Gasteiger partial charge in [-0.1, -0.05) is 60.9 Å². The predicted molar refractivity (Wildman–Crippen MR) is 106 cm³/mol. The van der Waals surface area contributed by atoms with Gasteiger partial charge in [-0.2, -0.15) is 0 Å². The maximum absolute atomic E-state index is 11.2. The summed E-state index contributed by atoms with van der Waals surface area (Å²) in [5.41, 5.74) is 5.69. The van der Waals surface area contributed by atoms with Crippen LogP contribution >= 0.6 is 0 Å². The Balaban J connectivity index is 0.000000326. The van der Waals surface area contributed by atoms with Crippen molar-refractivity contribution in [3.8, 4) is 11.1 Å². The molecule has 0 fully saturated rings. The summed E-state index contributed by atoms with van der Waals surface area (Å²) in [6.07, 6.45) is 5.19. The number of aryl methyl sites for hydroxylation is 2. The highest BCUT2D eigenvalue weighted by Gasteiger charge is 2.09. The van der Waals surface area contributed by atoms with Crippen LogP contribution in [0.1, 0.15) is 30.9 Å². The number of carbonyl (C=O) groups excluding carboxylic acids is 1. The Morgan fingerprint density at radius 3 is 2.32 bits per heavy atom. The van der Waals surface area contributed by atoms with E-state index in [4.69, 9.17) is 4.74 Å². The fourth-order valence-electron chi connectivity index (χ4n) is 2.94. The molecule has 0 unspecified atom stereocenters. The van der Waals surface area contributed by atoms with E-state index < -0.39 is 0 Å². The van der Waals surface area contributed by atoms with Crippen LogP contribution in [0, 0.1) is 13.8 Å². The number of ether oxygens (including phenoxy) is 1. The first-order valence-corrected chi connectivity index (χ1v) is 8.73. The lowest BCUT2D eigenvalue weighted by atomic mass is 10.0. The highest BCUT2D eigenvalue weighted by Crippen LogP contribution is 2.31. The number of carbonyl (C=O) groups is 1. The molecule has 3 nitrogen and oxygen atoms in total. The van der Waals surface area contributed by atoms with Crippen LogP contribution in [0.15, 0.2) is 48.7 Å². The van der Waals surface area contributed by atoms with Gasteiger partial charge in [0.2, 0.25) is 6.41 Å². The first kappa shape index (κ1) is 18.9. The maximum atomic E-state index is 11.2. The molecule has 0 aliphatic carbocycles. The summed E-state index contributed by atoms with van der Waals surface area (Å²) in [7, 11) is 1.73. The maximum Gasteiger partial charge on any atom is 0.218 e. The third kappa shape index (κ3) is 4.80. The number of nitrogens with zero attached hydrogens (tertiary/aromatic N) is 1. The van der Waals surface area contributed by atoms with E-state index in [0.717, 1.165) is 35.0 Å². The predicted octanol–water partition coefficient (Wildman–Crippen LogP) is 5.40. The van der Waals surface area contributed by atoms with Crippen LogP contribution in [0.2, 0.25) is 0 Å². The van der Waals surface area contributed by atoms with Crippen LogP contribution in [-0.4, -0.2) is 24.7 Å². The number of hydrogen-bond acceptors (Lipinski definition) is 2. The van der Waals surface area contributed by atoms with Gasteiger partial charge in [-0.3, -0.25) is 9.36 Å². The highest BCUT2D eigenvalue weighted by atomic mass is 16.5. The van der Waals surface area contributed by atoms with E-state index in [2.05, 4.69) is 45.0 Å². The van der Waals surface area contributed by atoms with E-state index in [-0.39, 0.29) is 0 Å². The Morgan fingerprint density at radius 2 is 1.76 bits per heavy atom. The molecule has 3 heteroatoms. The zero-order valence-corrected chi connectivity index (χ0v) is 15.6. The number of benzene rings is 2. The van der Waals surface area contributed by atoms with E-state index in [1.165, 1.54) is 24.0 Å². The third-order valence-corrected chi connectivity index (χ3v) is 4.09. The average Bonchev–Trinajstić information content (AvgIpc) is 2.98. The molecule has 0 amide bonds. The van der Waals surface area contributed by atoms with Gasteiger partial charge in [0.15, 0.2) is 0 Å². The monoisotopic (exact) mass is 337 g/mol. The second kappa shape index (κ2) is 9.19. The number of methoxy groups -OCH3 is 1. The van der Waals surface area contributed by atoms with Crippen molar-refractivity contribution in [1.82, 2.24) is 4.57 Å². The number of aromatic nitrogens is 1. The van der Waals surface area contributed by atoms with E-state index in [9.17, 15) is 4.79 Å². The Morgan fingerprint density at radius 1 is 1.08 bits per heavy atom. The van der Waals surface area contributed by atoms with Gasteiger partial charge >= 0.3 is 0 Å². The summed E-state index contributed by atoms with van der Waals surface area (Å²) >= 11 is 0. The molecule has 0 radical (unpaired) electrons. The summed E-state index contributed by atoms with van der Waals surface area (Å²) in [5, 5.41) is 1.11. The van der Waals surface area contributed by atoms with Crippen molar-refractivity contribution in [3.63, 3.8) is 0 Å². The lowest BCUT2D eigenvalue weighted by Crippen LogP contribution is -1.90. The van der Waals surface area contributed by atoms with Gasteiger partial charge in [0.05, 0.1) is 5.52 Å². The molecule has 25 heavy (non-hydrogen) atoms. The number of hydrogen-bond donors (Lipinski definition) is 0. The van der Waals surface area contributed by atoms with Crippen molar-refractivity contribution < 1.29 is 9.53 Å². The summed E-state index contributed by atoms with van der Waals surface area (Å²) in [5.74, 6) is 0. The standard InChI is InChI=1S/C17H15NO.C5H12O/c1-12-7-13(2)9-14(8-12)16-10-18(11-19)17-6-4-3-5-15(16)17;1-3-4-5-6-2/h3-11H,1-2H3;3-5H2,1-2H3. The largest absolute Gasteiger partial charge is 0.385 e. The van der Waals surface area contributed by atoms with Crippen LogP contribution in [0.25, 0.3) is 22.0 Å². The SMILES string of the molecule is CCCCOC.Cc1cc(C)cc(-c2cn(C=O)c3ccccc23)c1. The number of unbranched alkanes of at least 4 members (excludes halogenated alkanes) is 1. The Hall–Kier alpha value is -2.39. The molecule has 0 saturated heterocycles. The first-order valence-electron chi connectivity index (χ1n) is 8.73. The van der Waals surface area contributed by atoms with Crippen LogP contribution in [0.4, 0.5) is 0 Å². The Bertz CT molecular complexity index is 809. The first-order chi connectivity index (χ1) is 12.1. The van der Waals surface area contributed by atoms with Gasteiger partial charge in [-0.25, -0.2) is 0 Å². The van der Waals surface area contributed by atoms with Gasteiger partial charge in [-0.05, 0) is 31.9 Å². The number of rotatable bonds is 5. The molecular formula is C22H27NO2. The fraction of sp³-hybridized carbons (Fsp3) is 0.318. The van der Waals surface area contributed by atoms with Gasteiger partial charge in [0.25, 0.3) is 0 Å². The van der Waals surface area contributed by atoms with Crippen molar-refractivity contribution >= 4 is 17.3 Å². The molecule has 0 aliphatic heterocycles. The van der Waals surface area contributed by atoms with Crippen molar-refractivity contribution in [2.75, 3.05) is 13.7 Å². The average molecular weight is 337 g/mol. The van der Waals surface area contributed by atoms with E-state index >= 15 is 0 Å². The molecule has 0 bridgehead atoms. The Labute approximate surface area is 150 Å². The topological polar surface area (TPSA) is 31.2 Å². The van der Waals surface area contributed by atoms with Crippen molar-refractivity contribution in [2.45, 2.75) is 33.6 Å². The van der Waals surface area contributed by atoms with E-state index in [1.807, 2.05) is 24.4 Å². The lowest BCUT2D eigenvalue weighted by Gasteiger charge is -2.03. The van der Waals surface area contributed by atoms with Gasteiger partial charge < -0.3 is 4.74 Å². The molecular weight excluding hydrogens is 310 g/mol. The minimum absolute atomic E-state index is 0.856. The molecule has 0 spiro atoms. The van der Waals surface area contributed by atoms with Crippen LogP contribution < -0.4 is 0 Å². The molecule has 0 atom stereocenters. The van der Waals surface area contributed by atoms with Crippen molar-refractivity contribution in [3.05, 3.63) is 59.8 Å². The van der Waals surface area contributed by atoms with E-state index in [0.29, 0.717) is 0 Å². The Kier molecular flexibility index (Phi) is 6.96.